The molecule has 0 saturated carbocycles. The van der Waals surface area contributed by atoms with Gasteiger partial charge < -0.3 is 15.1 Å². The van der Waals surface area contributed by atoms with Crippen LogP contribution in [0.3, 0.4) is 0 Å². The van der Waals surface area contributed by atoms with Crippen molar-refractivity contribution in [3.05, 3.63) is 64.7 Å². The molecule has 29 heavy (non-hydrogen) atoms. The van der Waals surface area contributed by atoms with Crippen LogP contribution in [0.1, 0.15) is 24.1 Å². The second-order valence-electron chi connectivity index (χ2n) is 7.14. The Kier molecular flexibility index (Phi) is 7.45. The molecule has 2 aromatic rings. The van der Waals surface area contributed by atoms with Gasteiger partial charge in [0.1, 0.15) is 0 Å². The predicted octanol–water partition coefficient (Wildman–Crippen LogP) is 4.68. The van der Waals surface area contributed by atoms with Gasteiger partial charge in [-0.25, -0.2) is 4.79 Å². The van der Waals surface area contributed by atoms with Crippen molar-refractivity contribution >= 4 is 41.0 Å². The third kappa shape index (κ3) is 5.90. The Morgan fingerprint density at radius 3 is 2.52 bits per heavy atom. The number of carbonyl (C=O) groups excluding carboxylic acids is 2. The largest absolute Gasteiger partial charge is 0.341 e. The SMILES string of the molecule is CC(c1cccc(Cl)c1)N(C)C(=O)Nc1ccc(CC(=O)N2CCSCC2)cc1. The summed E-state index contributed by atoms with van der Waals surface area (Å²) in [6, 6.07) is 14.7. The Hall–Kier alpha value is -2.18. The van der Waals surface area contributed by atoms with Gasteiger partial charge in [0.2, 0.25) is 5.91 Å². The fourth-order valence-electron chi connectivity index (χ4n) is 3.18. The highest BCUT2D eigenvalue weighted by Gasteiger charge is 2.19. The van der Waals surface area contributed by atoms with Crippen molar-refractivity contribution in [3.8, 4) is 0 Å². The van der Waals surface area contributed by atoms with E-state index in [2.05, 4.69) is 5.32 Å². The molecule has 1 saturated heterocycles. The first-order chi connectivity index (χ1) is 13.9. The van der Waals surface area contributed by atoms with Crippen LogP contribution < -0.4 is 5.32 Å². The van der Waals surface area contributed by atoms with Crippen LogP contribution in [0.25, 0.3) is 0 Å². The molecule has 3 amide bonds. The zero-order valence-corrected chi connectivity index (χ0v) is 18.3. The minimum Gasteiger partial charge on any atom is -0.341 e. The smallest absolute Gasteiger partial charge is 0.322 e. The summed E-state index contributed by atoms with van der Waals surface area (Å²) in [4.78, 5) is 28.5. The normalized spacial score (nSPS) is 14.9. The standard InChI is InChI=1S/C22H26ClN3O2S/c1-16(18-4-3-5-19(23)15-18)25(2)22(28)24-20-8-6-17(7-9-20)14-21(27)26-10-12-29-13-11-26/h3-9,15-16H,10-14H2,1-2H3,(H,24,28). The van der Waals surface area contributed by atoms with Crippen LogP contribution >= 0.6 is 23.4 Å². The molecular formula is C22H26ClN3O2S. The lowest BCUT2D eigenvalue weighted by Gasteiger charge is -2.26. The summed E-state index contributed by atoms with van der Waals surface area (Å²) >= 11 is 7.94. The third-order valence-corrected chi connectivity index (χ3v) is 6.33. The van der Waals surface area contributed by atoms with E-state index in [1.807, 2.05) is 72.1 Å². The first kappa shape index (κ1) is 21.5. The Labute approximate surface area is 181 Å². The highest BCUT2D eigenvalue weighted by Crippen LogP contribution is 2.23. The lowest BCUT2D eigenvalue weighted by Crippen LogP contribution is -2.38. The average Bonchev–Trinajstić information content (AvgIpc) is 2.74. The Balaban J connectivity index is 1.55. The molecular weight excluding hydrogens is 406 g/mol. The molecule has 0 spiro atoms. The summed E-state index contributed by atoms with van der Waals surface area (Å²) in [7, 11) is 1.75. The van der Waals surface area contributed by atoms with Crippen LogP contribution in [0.5, 0.6) is 0 Å². The van der Waals surface area contributed by atoms with Crippen molar-refractivity contribution in [3.63, 3.8) is 0 Å². The number of benzene rings is 2. The van der Waals surface area contributed by atoms with E-state index in [0.29, 0.717) is 17.1 Å². The number of carbonyl (C=O) groups is 2. The van der Waals surface area contributed by atoms with Gasteiger partial charge in [0.05, 0.1) is 12.5 Å². The van der Waals surface area contributed by atoms with Gasteiger partial charge in [-0.3, -0.25) is 4.79 Å². The monoisotopic (exact) mass is 431 g/mol. The van der Waals surface area contributed by atoms with Crippen LogP contribution in [0.15, 0.2) is 48.5 Å². The fraction of sp³-hybridized carbons (Fsp3) is 0.364. The zero-order chi connectivity index (χ0) is 20.8. The molecule has 1 aliphatic rings. The molecule has 2 aromatic carbocycles. The molecule has 5 nitrogen and oxygen atoms in total. The summed E-state index contributed by atoms with van der Waals surface area (Å²) < 4.78 is 0. The Morgan fingerprint density at radius 2 is 1.86 bits per heavy atom. The molecule has 1 N–H and O–H groups in total. The van der Waals surface area contributed by atoms with E-state index < -0.39 is 0 Å². The van der Waals surface area contributed by atoms with E-state index in [-0.39, 0.29) is 18.0 Å². The first-order valence-corrected chi connectivity index (χ1v) is 11.2. The minimum absolute atomic E-state index is 0.117. The molecule has 1 atom stereocenters. The van der Waals surface area contributed by atoms with Gasteiger partial charge in [-0.2, -0.15) is 11.8 Å². The van der Waals surface area contributed by atoms with Gasteiger partial charge in [-0.05, 0) is 42.3 Å². The molecule has 0 bridgehead atoms. The van der Waals surface area contributed by atoms with Crippen molar-refractivity contribution in [1.29, 1.82) is 0 Å². The van der Waals surface area contributed by atoms with Gasteiger partial charge in [0, 0.05) is 42.4 Å². The summed E-state index contributed by atoms with van der Waals surface area (Å²) in [5.41, 5.74) is 2.62. The van der Waals surface area contributed by atoms with Crippen molar-refractivity contribution in [2.75, 3.05) is 37.0 Å². The lowest BCUT2D eigenvalue weighted by atomic mass is 10.1. The van der Waals surface area contributed by atoms with Crippen LogP contribution in [-0.2, 0) is 11.2 Å². The minimum atomic E-state index is -0.202. The van der Waals surface area contributed by atoms with Gasteiger partial charge in [-0.1, -0.05) is 35.9 Å². The number of rotatable bonds is 5. The molecule has 0 radical (unpaired) electrons. The van der Waals surface area contributed by atoms with Crippen LogP contribution in [0.4, 0.5) is 10.5 Å². The van der Waals surface area contributed by atoms with E-state index in [1.165, 1.54) is 0 Å². The van der Waals surface area contributed by atoms with Gasteiger partial charge in [-0.15, -0.1) is 0 Å². The molecule has 1 unspecified atom stereocenters. The predicted molar refractivity (Wildman–Crippen MR) is 121 cm³/mol. The number of nitrogens with zero attached hydrogens (tertiary/aromatic N) is 2. The zero-order valence-electron chi connectivity index (χ0n) is 16.7. The Bertz CT molecular complexity index is 853. The number of halogens is 1. The van der Waals surface area contributed by atoms with E-state index in [1.54, 1.807) is 11.9 Å². The number of nitrogens with one attached hydrogen (secondary N) is 1. The van der Waals surface area contributed by atoms with Gasteiger partial charge >= 0.3 is 6.03 Å². The molecule has 1 fully saturated rings. The maximum atomic E-state index is 12.6. The Morgan fingerprint density at radius 1 is 1.17 bits per heavy atom. The van der Waals surface area contributed by atoms with E-state index in [4.69, 9.17) is 11.6 Å². The summed E-state index contributed by atoms with van der Waals surface area (Å²) in [6.07, 6.45) is 0.393. The molecule has 1 heterocycles. The number of hydrogen-bond donors (Lipinski definition) is 1. The molecule has 154 valence electrons. The molecule has 7 heteroatoms. The van der Waals surface area contributed by atoms with Crippen LogP contribution in [0.2, 0.25) is 5.02 Å². The summed E-state index contributed by atoms with van der Waals surface area (Å²) in [6.45, 7) is 3.61. The number of anilines is 1. The van der Waals surface area contributed by atoms with Crippen molar-refractivity contribution < 1.29 is 9.59 Å². The third-order valence-electron chi connectivity index (χ3n) is 5.16. The quantitative estimate of drug-likeness (QED) is 0.747. The van der Waals surface area contributed by atoms with Crippen LogP contribution in [0, 0.1) is 0 Å². The number of hydrogen-bond acceptors (Lipinski definition) is 3. The molecule has 3 rings (SSSR count). The number of urea groups is 1. The first-order valence-electron chi connectivity index (χ1n) is 9.68. The second-order valence-corrected chi connectivity index (χ2v) is 8.80. The van der Waals surface area contributed by atoms with E-state index in [0.717, 1.165) is 35.7 Å². The lowest BCUT2D eigenvalue weighted by molar-refractivity contribution is -0.130. The van der Waals surface area contributed by atoms with Gasteiger partial charge in [0.25, 0.3) is 0 Å². The molecule has 1 aliphatic heterocycles. The second kappa shape index (κ2) is 10.0. The summed E-state index contributed by atoms with van der Waals surface area (Å²) in [5.74, 6) is 2.19. The number of amides is 3. The maximum absolute atomic E-state index is 12.6. The van der Waals surface area contributed by atoms with Crippen molar-refractivity contribution in [2.24, 2.45) is 0 Å². The fourth-order valence-corrected chi connectivity index (χ4v) is 4.28. The topological polar surface area (TPSA) is 52.7 Å². The molecule has 0 aromatic heterocycles. The van der Waals surface area contributed by atoms with Crippen molar-refractivity contribution in [1.82, 2.24) is 9.80 Å². The summed E-state index contributed by atoms with van der Waals surface area (Å²) in [5, 5.41) is 3.56. The highest BCUT2D eigenvalue weighted by molar-refractivity contribution is 7.99. The molecule has 0 aliphatic carbocycles. The van der Waals surface area contributed by atoms with E-state index >= 15 is 0 Å². The van der Waals surface area contributed by atoms with Crippen molar-refractivity contribution in [2.45, 2.75) is 19.4 Å². The van der Waals surface area contributed by atoms with Gasteiger partial charge in [0.15, 0.2) is 0 Å². The number of thioether (sulfide) groups is 1. The van der Waals surface area contributed by atoms with E-state index in [9.17, 15) is 9.59 Å². The van der Waals surface area contributed by atoms with Crippen LogP contribution in [-0.4, -0.2) is 53.4 Å². The average molecular weight is 432 g/mol. The maximum Gasteiger partial charge on any atom is 0.322 e. The highest BCUT2D eigenvalue weighted by atomic mass is 35.5.